The van der Waals surface area contributed by atoms with E-state index in [-0.39, 0.29) is 11.9 Å². The first-order chi connectivity index (χ1) is 6.22. The van der Waals surface area contributed by atoms with Gasteiger partial charge in [0, 0.05) is 17.4 Å². The zero-order valence-corrected chi connectivity index (χ0v) is 8.47. The molecular formula is C8H14O4S. The van der Waals surface area contributed by atoms with Gasteiger partial charge in [-0.2, -0.15) is 0 Å². The zero-order chi connectivity index (χ0) is 9.68. The summed E-state index contributed by atoms with van der Waals surface area (Å²) >= 11 is 0. The van der Waals surface area contributed by atoms with Crippen LogP contribution in [0.4, 0.5) is 0 Å². The number of ether oxygens (including phenoxy) is 2. The van der Waals surface area contributed by atoms with Gasteiger partial charge < -0.3 is 9.47 Å². The summed E-state index contributed by atoms with van der Waals surface area (Å²) in [4.78, 5) is 10.7. The van der Waals surface area contributed by atoms with E-state index in [1.165, 1.54) is 7.11 Å². The smallest absolute Gasteiger partial charge is 0.318 e. The van der Waals surface area contributed by atoms with Crippen LogP contribution in [0.25, 0.3) is 0 Å². The van der Waals surface area contributed by atoms with E-state index in [9.17, 15) is 9.00 Å². The molecule has 0 radical (unpaired) electrons. The van der Waals surface area contributed by atoms with Gasteiger partial charge in [-0.05, 0) is 12.8 Å². The Morgan fingerprint density at radius 2 is 2.46 bits per heavy atom. The van der Waals surface area contributed by atoms with Gasteiger partial charge >= 0.3 is 5.97 Å². The van der Waals surface area contributed by atoms with Crippen molar-refractivity contribution in [2.75, 3.05) is 25.2 Å². The molecule has 2 unspecified atom stereocenters. The van der Waals surface area contributed by atoms with E-state index in [4.69, 9.17) is 4.74 Å². The summed E-state index contributed by atoms with van der Waals surface area (Å²) in [5.74, 6) is 0.0159. The van der Waals surface area contributed by atoms with Crippen molar-refractivity contribution in [3.05, 3.63) is 0 Å². The van der Waals surface area contributed by atoms with Crippen molar-refractivity contribution < 1.29 is 18.5 Å². The molecule has 1 heterocycles. The molecule has 0 aromatic rings. The van der Waals surface area contributed by atoms with Crippen molar-refractivity contribution >= 4 is 16.8 Å². The van der Waals surface area contributed by atoms with Crippen LogP contribution in [-0.2, 0) is 25.1 Å². The minimum Gasteiger partial charge on any atom is -0.468 e. The number of methoxy groups -OCH3 is 1. The lowest BCUT2D eigenvalue weighted by atomic mass is 10.3. The number of carbonyl (C=O) groups is 1. The molecule has 0 bridgehead atoms. The van der Waals surface area contributed by atoms with Crippen LogP contribution in [0.1, 0.15) is 12.8 Å². The molecular weight excluding hydrogens is 192 g/mol. The largest absolute Gasteiger partial charge is 0.468 e. The van der Waals surface area contributed by atoms with Crippen molar-refractivity contribution in [3.63, 3.8) is 0 Å². The maximum atomic E-state index is 11.3. The predicted octanol–water partition coefficient (Wildman–Crippen LogP) is 0.0871. The Hall–Kier alpha value is -0.420. The summed E-state index contributed by atoms with van der Waals surface area (Å²) in [6.07, 6.45) is 2.05. The molecule has 5 heteroatoms. The minimum absolute atomic E-state index is 0.0175. The minimum atomic E-state index is -1.14. The maximum absolute atomic E-state index is 11.3. The summed E-state index contributed by atoms with van der Waals surface area (Å²) in [6.45, 7) is 0.750. The van der Waals surface area contributed by atoms with Crippen molar-refractivity contribution in [2.45, 2.75) is 18.9 Å². The molecule has 13 heavy (non-hydrogen) atoms. The molecule has 0 spiro atoms. The van der Waals surface area contributed by atoms with Gasteiger partial charge in [0.1, 0.15) is 5.75 Å². The van der Waals surface area contributed by atoms with Crippen molar-refractivity contribution in [2.24, 2.45) is 0 Å². The zero-order valence-electron chi connectivity index (χ0n) is 7.65. The Balaban J connectivity index is 2.20. The first kappa shape index (κ1) is 10.7. The van der Waals surface area contributed by atoms with Crippen LogP contribution in [0.15, 0.2) is 0 Å². The molecule has 0 aliphatic carbocycles. The van der Waals surface area contributed by atoms with Gasteiger partial charge in [0.25, 0.3) is 0 Å². The fourth-order valence-electron chi connectivity index (χ4n) is 1.23. The van der Waals surface area contributed by atoms with E-state index < -0.39 is 16.8 Å². The molecule has 76 valence electrons. The third-order valence-electron chi connectivity index (χ3n) is 1.90. The third-order valence-corrected chi connectivity index (χ3v) is 3.20. The van der Waals surface area contributed by atoms with E-state index in [0.717, 1.165) is 19.4 Å². The quantitative estimate of drug-likeness (QED) is 0.612. The van der Waals surface area contributed by atoms with E-state index in [0.29, 0.717) is 5.75 Å². The summed E-state index contributed by atoms with van der Waals surface area (Å²) in [5, 5.41) is 0. The monoisotopic (exact) mass is 206 g/mol. The van der Waals surface area contributed by atoms with E-state index in [2.05, 4.69) is 4.74 Å². The van der Waals surface area contributed by atoms with E-state index >= 15 is 0 Å². The van der Waals surface area contributed by atoms with Crippen molar-refractivity contribution in [1.82, 2.24) is 0 Å². The van der Waals surface area contributed by atoms with Gasteiger partial charge in [-0.1, -0.05) is 0 Å². The van der Waals surface area contributed by atoms with E-state index in [1.807, 2.05) is 0 Å². The summed E-state index contributed by atoms with van der Waals surface area (Å²) < 4.78 is 21.0. The van der Waals surface area contributed by atoms with Gasteiger partial charge in [-0.15, -0.1) is 0 Å². The van der Waals surface area contributed by atoms with Crippen LogP contribution in [-0.4, -0.2) is 41.5 Å². The summed E-state index contributed by atoms with van der Waals surface area (Å²) in [5.41, 5.74) is 0. The molecule has 0 aromatic heterocycles. The lowest BCUT2D eigenvalue weighted by Gasteiger charge is -2.07. The normalized spacial score (nSPS) is 24.2. The molecule has 0 aromatic carbocycles. The van der Waals surface area contributed by atoms with Gasteiger partial charge in [0.2, 0.25) is 0 Å². The highest BCUT2D eigenvalue weighted by molar-refractivity contribution is 7.85. The number of hydrogen-bond donors (Lipinski definition) is 0. The topological polar surface area (TPSA) is 52.6 Å². The van der Waals surface area contributed by atoms with Crippen molar-refractivity contribution in [1.29, 1.82) is 0 Å². The Bertz CT molecular complexity index is 198. The lowest BCUT2D eigenvalue weighted by Crippen LogP contribution is -2.21. The SMILES string of the molecule is COC(=O)CS(=O)CC1CCCO1. The average molecular weight is 206 g/mol. The summed E-state index contributed by atoms with van der Waals surface area (Å²) in [6, 6.07) is 0. The molecule has 2 atom stereocenters. The highest BCUT2D eigenvalue weighted by Gasteiger charge is 2.19. The number of rotatable bonds is 4. The first-order valence-electron chi connectivity index (χ1n) is 4.25. The van der Waals surface area contributed by atoms with Gasteiger partial charge in [-0.25, -0.2) is 0 Å². The van der Waals surface area contributed by atoms with Gasteiger partial charge in [0.05, 0.1) is 19.0 Å². The maximum Gasteiger partial charge on any atom is 0.318 e. The molecule has 0 amide bonds. The average Bonchev–Trinajstić information content (AvgIpc) is 2.56. The van der Waals surface area contributed by atoms with Crippen LogP contribution >= 0.6 is 0 Å². The van der Waals surface area contributed by atoms with Crippen LogP contribution in [0, 0.1) is 0 Å². The Labute approximate surface area is 80.1 Å². The van der Waals surface area contributed by atoms with Gasteiger partial charge in [-0.3, -0.25) is 9.00 Å². The highest BCUT2D eigenvalue weighted by atomic mass is 32.2. The molecule has 4 nitrogen and oxygen atoms in total. The Morgan fingerprint density at radius 3 is 3.00 bits per heavy atom. The number of esters is 1. The van der Waals surface area contributed by atoms with Crippen molar-refractivity contribution in [3.8, 4) is 0 Å². The molecule has 0 N–H and O–H groups in total. The molecule has 1 fully saturated rings. The fourth-order valence-corrected chi connectivity index (χ4v) is 2.41. The van der Waals surface area contributed by atoms with Crippen LogP contribution in [0.2, 0.25) is 0 Å². The Morgan fingerprint density at radius 1 is 1.69 bits per heavy atom. The third kappa shape index (κ3) is 3.87. The van der Waals surface area contributed by atoms with Gasteiger partial charge in [0.15, 0.2) is 0 Å². The predicted molar refractivity (Wildman–Crippen MR) is 48.9 cm³/mol. The second kappa shape index (κ2) is 5.34. The standard InChI is InChI=1S/C8H14O4S/c1-11-8(9)6-13(10)5-7-3-2-4-12-7/h7H,2-6H2,1H3. The summed E-state index contributed by atoms with van der Waals surface area (Å²) in [7, 11) is 0.158. The molecule has 1 rings (SSSR count). The lowest BCUT2D eigenvalue weighted by molar-refractivity contribution is -0.137. The number of hydrogen-bond acceptors (Lipinski definition) is 4. The van der Waals surface area contributed by atoms with Crippen LogP contribution in [0.3, 0.4) is 0 Å². The molecule has 1 aliphatic rings. The molecule has 0 saturated carbocycles. The highest BCUT2D eigenvalue weighted by Crippen LogP contribution is 2.12. The second-order valence-electron chi connectivity index (χ2n) is 2.96. The Kier molecular flexibility index (Phi) is 4.38. The van der Waals surface area contributed by atoms with E-state index in [1.54, 1.807) is 0 Å². The second-order valence-corrected chi connectivity index (χ2v) is 4.46. The number of carbonyl (C=O) groups excluding carboxylic acids is 1. The molecule has 1 aliphatic heterocycles. The first-order valence-corrected chi connectivity index (χ1v) is 5.74. The molecule has 1 saturated heterocycles. The van der Waals surface area contributed by atoms with Crippen LogP contribution in [0.5, 0.6) is 0 Å². The van der Waals surface area contributed by atoms with Crippen LogP contribution < -0.4 is 0 Å². The fraction of sp³-hybridized carbons (Fsp3) is 0.875.